The summed E-state index contributed by atoms with van der Waals surface area (Å²) in [4.78, 5) is 37.8. The van der Waals surface area contributed by atoms with E-state index >= 15 is 0 Å². The molecular weight excluding hydrogens is 346 g/mol. The van der Waals surface area contributed by atoms with Gasteiger partial charge in [-0.2, -0.15) is 0 Å². The molecule has 1 atom stereocenters. The minimum absolute atomic E-state index is 0.0384. The number of amides is 3. The van der Waals surface area contributed by atoms with Crippen molar-refractivity contribution in [1.29, 1.82) is 0 Å². The summed E-state index contributed by atoms with van der Waals surface area (Å²) in [5.41, 5.74) is 0.669. The highest BCUT2D eigenvalue weighted by Gasteiger charge is 2.28. The Bertz CT molecular complexity index is 645. The van der Waals surface area contributed by atoms with Crippen LogP contribution in [0.4, 0.5) is 5.69 Å². The quantitative estimate of drug-likeness (QED) is 0.729. The van der Waals surface area contributed by atoms with E-state index in [9.17, 15) is 14.4 Å². The minimum Gasteiger partial charge on any atom is -0.484 e. The second-order valence-electron chi connectivity index (χ2n) is 6.68. The van der Waals surface area contributed by atoms with Gasteiger partial charge in [0.2, 0.25) is 11.8 Å². The van der Waals surface area contributed by atoms with Gasteiger partial charge >= 0.3 is 0 Å². The maximum atomic E-state index is 12.5. The Kier molecular flexibility index (Phi) is 8.10. The van der Waals surface area contributed by atoms with Crippen molar-refractivity contribution in [2.24, 2.45) is 5.92 Å². The molecule has 7 nitrogen and oxygen atoms in total. The number of piperidine rings is 1. The normalized spacial score (nSPS) is 16.5. The standard InChI is InChI=1S/C20H29N3O4/c1-3-6-19(25)23-12-5-7-15(13-23)20(26)22-16-8-10-17(11-9-16)27-14-18(24)21-4-2/h8-11,15H,3-7,12-14H2,1-2H3,(H,21,24)(H,22,26). The number of nitrogens with zero attached hydrogens (tertiary/aromatic N) is 1. The maximum absolute atomic E-state index is 12.5. The lowest BCUT2D eigenvalue weighted by atomic mass is 9.96. The van der Waals surface area contributed by atoms with Gasteiger partial charge in [0.1, 0.15) is 5.75 Å². The molecule has 0 spiro atoms. The molecule has 0 aliphatic carbocycles. The van der Waals surface area contributed by atoms with E-state index in [1.807, 2.05) is 13.8 Å². The molecular formula is C20H29N3O4. The molecule has 0 aromatic heterocycles. The number of carbonyl (C=O) groups is 3. The molecule has 2 rings (SSSR count). The maximum Gasteiger partial charge on any atom is 0.257 e. The summed E-state index contributed by atoms with van der Waals surface area (Å²) in [5, 5.41) is 5.56. The number of benzene rings is 1. The molecule has 3 amide bonds. The van der Waals surface area contributed by atoms with Crippen molar-refractivity contribution in [2.45, 2.75) is 39.5 Å². The SMILES string of the molecule is CCCC(=O)N1CCCC(C(=O)Nc2ccc(OCC(=O)NCC)cc2)C1. The molecule has 1 aliphatic rings. The Morgan fingerprint density at radius 2 is 1.93 bits per heavy atom. The molecule has 148 valence electrons. The van der Waals surface area contributed by atoms with Gasteiger partial charge < -0.3 is 20.3 Å². The predicted octanol–water partition coefficient (Wildman–Crippen LogP) is 2.18. The molecule has 0 radical (unpaired) electrons. The lowest BCUT2D eigenvalue weighted by Gasteiger charge is -2.32. The topological polar surface area (TPSA) is 87.7 Å². The molecule has 1 aromatic carbocycles. The molecule has 7 heteroatoms. The van der Waals surface area contributed by atoms with Crippen LogP contribution in [0.2, 0.25) is 0 Å². The van der Waals surface area contributed by atoms with Crippen LogP contribution in [-0.2, 0) is 14.4 Å². The van der Waals surface area contributed by atoms with Gasteiger partial charge in [0, 0.05) is 31.7 Å². The Morgan fingerprint density at radius 3 is 2.59 bits per heavy atom. The average Bonchev–Trinajstić information content (AvgIpc) is 2.68. The van der Waals surface area contributed by atoms with Crippen molar-refractivity contribution in [3.05, 3.63) is 24.3 Å². The number of anilines is 1. The summed E-state index contributed by atoms with van der Waals surface area (Å²) in [7, 11) is 0. The van der Waals surface area contributed by atoms with Gasteiger partial charge in [-0.15, -0.1) is 0 Å². The molecule has 2 N–H and O–H groups in total. The fourth-order valence-electron chi connectivity index (χ4n) is 3.07. The summed E-state index contributed by atoms with van der Waals surface area (Å²) in [6.07, 6.45) is 2.99. The van der Waals surface area contributed by atoms with E-state index < -0.39 is 0 Å². The van der Waals surface area contributed by atoms with E-state index in [1.54, 1.807) is 29.2 Å². The zero-order valence-electron chi connectivity index (χ0n) is 16.1. The zero-order chi connectivity index (χ0) is 19.6. The van der Waals surface area contributed by atoms with Crippen LogP contribution in [-0.4, -0.2) is 48.9 Å². The molecule has 1 unspecified atom stereocenters. The Labute approximate surface area is 160 Å². The van der Waals surface area contributed by atoms with Crippen molar-refractivity contribution in [2.75, 3.05) is 31.6 Å². The number of nitrogens with one attached hydrogen (secondary N) is 2. The summed E-state index contributed by atoms with van der Waals surface area (Å²) < 4.78 is 5.39. The van der Waals surface area contributed by atoms with E-state index in [4.69, 9.17) is 4.74 Å². The monoisotopic (exact) mass is 375 g/mol. The van der Waals surface area contributed by atoms with Gasteiger partial charge in [0.15, 0.2) is 6.61 Å². The Hall–Kier alpha value is -2.57. The first-order chi connectivity index (χ1) is 13.0. The van der Waals surface area contributed by atoms with Crippen molar-refractivity contribution < 1.29 is 19.1 Å². The lowest BCUT2D eigenvalue weighted by molar-refractivity contribution is -0.134. The van der Waals surface area contributed by atoms with Crippen LogP contribution in [0.1, 0.15) is 39.5 Å². The summed E-state index contributed by atoms with van der Waals surface area (Å²) in [6.45, 7) is 5.58. The Balaban J connectivity index is 1.84. The summed E-state index contributed by atoms with van der Waals surface area (Å²) in [6, 6.07) is 6.92. The molecule has 1 aromatic rings. The van der Waals surface area contributed by atoms with Gasteiger partial charge in [-0.25, -0.2) is 0 Å². The number of likely N-dealkylation sites (N-methyl/N-ethyl adjacent to an activating group) is 1. The first-order valence-corrected chi connectivity index (χ1v) is 9.61. The van der Waals surface area contributed by atoms with Crippen LogP contribution >= 0.6 is 0 Å². The largest absolute Gasteiger partial charge is 0.484 e. The highest BCUT2D eigenvalue weighted by atomic mass is 16.5. The van der Waals surface area contributed by atoms with Crippen molar-refractivity contribution >= 4 is 23.4 Å². The first-order valence-electron chi connectivity index (χ1n) is 9.61. The van der Waals surface area contributed by atoms with Gasteiger partial charge in [-0.05, 0) is 50.5 Å². The van der Waals surface area contributed by atoms with Gasteiger partial charge in [0.05, 0.1) is 5.92 Å². The number of hydrogen-bond donors (Lipinski definition) is 2. The molecule has 1 aliphatic heterocycles. The van der Waals surface area contributed by atoms with Gasteiger partial charge in [-0.3, -0.25) is 14.4 Å². The number of likely N-dealkylation sites (tertiary alicyclic amines) is 1. The number of hydrogen-bond acceptors (Lipinski definition) is 4. The molecule has 1 saturated heterocycles. The fourth-order valence-corrected chi connectivity index (χ4v) is 3.07. The van der Waals surface area contributed by atoms with Crippen LogP contribution < -0.4 is 15.4 Å². The third-order valence-electron chi connectivity index (χ3n) is 4.47. The highest BCUT2D eigenvalue weighted by Crippen LogP contribution is 2.21. The summed E-state index contributed by atoms with van der Waals surface area (Å²) >= 11 is 0. The van der Waals surface area contributed by atoms with Crippen LogP contribution in [0.3, 0.4) is 0 Å². The third kappa shape index (κ3) is 6.58. The van der Waals surface area contributed by atoms with E-state index in [-0.39, 0.29) is 30.2 Å². The number of rotatable bonds is 8. The van der Waals surface area contributed by atoms with Crippen LogP contribution in [0.25, 0.3) is 0 Å². The predicted molar refractivity (Wildman–Crippen MR) is 103 cm³/mol. The fraction of sp³-hybridized carbons (Fsp3) is 0.550. The van der Waals surface area contributed by atoms with Crippen molar-refractivity contribution in [1.82, 2.24) is 10.2 Å². The van der Waals surface area contributed by atoms with Crippen LogP contribution in [0, 0.1) is 5.92 Å². The second kappa shape index (κ2) is 10.5. The number of carbonyl (C=O) groups excluding carboxylic acids is 3. The zero-order valence-corrected chi connectivity index (χ0v) is 16.1. The first kappa shape index (κ1) is 20.7. The van der Waals surface area contributed by atoms with Crippen LogP contribution in [0.15, 0.2) is 24.3 Å². The van der Waals surface area contributed by atoms with E-state index in [0.29, 0.717) is 30.9 Å². The van der Waals surface area contributed by atoms with Crippen LogP contribution in [0.5, 0.6) is 5.75 Å². The Morgan fingerprint density at radius 1 is 1.19 bits per heavy atom. The molecule has 1 fully saturated rings. The van der Waals surface area contributed by atoms with E-state index in [0.717, 1.165) is 25.8 Å². The van der Waals surface area contributed by atoms with E-state index in [2.05, 4.69) is 10.6 Å². The average molecular weight is 375 g/mol. The second-order valence-corrected chi connectivity index (χ2v) is 6.68. The molecule has 1 heterocycles. The summed E-state index contributed by atoms with van der Waals surface area (Å²) in [5.74, 6) is 0.263. The van der Waals surface area contributed by atoms with Crippen molar-refractivity contribution in [3.63, 3.8) is 0 Å². The highest BCUT2D eigenvalue weighted by molar-refractivity contribution is 5.93. The van der Waals surface area contributed by atoms with Crippen molar-refractivity contribution in [3.8, 4) is 5.75 Å². The van der Waals surface area contributed by atoms with Gasteiger partial charge in [0.25, 0.3) is 5.91 Å². The lowest BCUT2D eigenvalue weighted by Crippen LogP contribution is -2.43. The van der Waals surface area contributed by atoms with E-state index in [1.165, 1.54) is 0 Å². The number of ether oxygens (including phenoxy) is 1. The molecule has 0 bridgehead atoms. The minimum atomic E-state index is -0.187. The smallest absolute Gasteiger partial charge is 0.257 e. The van der Waals surface area contributed by atoms with Gasteiger partial charge in [-0.1, -0.05) is 6.92 Å². The third-order valence-corrected chi connectivity index (χ3v) is 4.47. The molecule has 27 heavy (non-hydrogen) atoms. The molecule has 0 saturated carbocycles.